The molecule has 1 aliphatic heterocycles. The van der Waals surface area contributed by atoms with E-state index in [1.807, 2.05) is 22.6 Å². The van der Waals surface area contributed by atoms with Gasteiger partial charge in [-0.1, -0.05) is 18.2 Å². The lowest BCUT2D eigenvalue weighted by Crippen LogP contribution is -2.27. The van der Waals surface area contributed by atoms with E-state index >= 15 is 0 Å². The summed E-state index contributed by atoms with van der Waals surface area (Å²) in [5, 5.41) is 8.42. The van der Waals surface area contributed by atoms with Crippen molar-refractivity contribution in [2.24, 2.45) is 0 Å². The van der Waals surface area contributed by atoms with Gasteiger partial charge in [0.25, 0.3) is 11.1 Å². The summed E-state index contributed by atoms with van der Waals surface area (Å²) in [7, 11) is 1.44. The number of para-hydroxylation sites is 1. The fourth-order valence-electron chi connectivity index (χ4n) is 2.52. The van der Waals surface area contributed by atoms with Gasteiger partial charge in [-0.05, 0) is 70.3 Å². The number of benzene rings is 2. The van der Waals surface area contributed by atoms with Gasteiger partial charge in [0.05, 0.1) is 21.3 Å². The molecule has 2 aromatic carbocycles. The van der Waals surface area contributed by atoms with Crippen molar-refractivity contribution < 1.29 is 29.0 Å². The normalized spacial score (nSPS) is 15.2. The Hall–Kier alpha value is -2.53. The number of amides is 2. The second-order valence-corrected chi connectivity index (χ2v) is 7.72. The Kier molecular flexibility index (Phi) is 6.25. The molecule has 0 radical (unpaired) electrons. The molecule has 0 saturated carbocycles. The highest BCUT2D eigenvalue weighted by atomic mass is 127. The summed E-state index contributed by atoms with van der Waals surface area (Å²) in [6.45, 7) is -0.498. The van der Waals surface area contributed by atoms with Crippen LogP contribution in [-0.2, 0) is 9.59 Å². The van der Waals surface area contributed by atoms with Gasteiger partial charge >= 0.3 is 5.97 Å². The van der Waals surface area contributed by atoms with Crippen LogP contribution in [0.15, 0.2) is 47.4 Å². The van der Waals surface area contributed by atoms with Gasteiger partial charge in [-0.25, -0.2) is 9.69 Å². The number of anilines is 1. The standard InChI is InChI=1S/C19H14INO6S/c1-26-14-8-11(7-13(20)17(14)27-10-16(22)23)9-15-18(24)21(19(25)28-15)12-5-3-2-4-6-12/h2-9H,10H2,1H3,(H,22,23)/b15-9-. The molecule has 1 saturated heterocycles. The van der Waals surface area contributed by atoms with Crippen LogP contribution in [0.2, 0.25) is 0 Å². The summed E-state index contributed by atoms with van der Waals surface area (Å²) in [5.74, 6) is -0.861. The maximum Gasteiger partial charge on any atom is 0.341 e. The van der Waals surface area contributed by atoms with Gasteiger partial charge in [-0.2, -0.15) is 0 Å². The van der Waals surface area contributed by atoms with Crippen molar-refractivity contribution >= 4 is 63.2 Å². The molecular weight excluding hydrogens is 497 g/mol. The van der Waals surface area contributed by atoms with Crippen LogP contribution in [0, 0.1) is 3.57 Å². The minimum Gasteiger partial charge on any atom is -0.493 e. The number of aliphatic carboxylic acids is 1. The molecule has 2 aromatic rings. The van der Waals surface area contributed by atoms with Gasteiger partial charge in [0.1, 0.15) is 0 Å². The summed E-state index contributed by atoms with van der Waals surface area (Å²) in [4.78, 5) is 37.2. The van der Waals surface area contributed by atoms with Crippen molar-refractivity contribution in [2.75, 3.05) is 18.6 Å². The van der Waals surface area contributed by atoms with E-state index in [0.29, 0.717) is 26.3 Å². The lowest BCUT2D eigenvalue weighted by Gasteiger charge is -2.13. The number of rotatable bonds is 6. The first-order chi connectivity index (χ1) is 13.4. The molecule has 0 bridgehead atoms. The lowest BCUT2D eigenvalue weighted by molar-refractivity contribution is -0.139. The monoisotopic (exact) mass is 511 g/mol. The molecule has 1 fully saturated rings. The van der Waals surface area contributed by atoms with Crippen LogP contribution in [0.5, 0.6) is 11.5 Å². The number of carbonyl (C=O) groups excluding carboxylic acids is 2. The number of halogens is 1. The topological polar surface area (TPSA) is 93.1 Å². The molecule has 0 aromatic heterocycles. The molecule has 0 unspecified atom stereocenters. The Balaban J connectivity index is 1.91. The zero-order valence-electron chi connectivity index (χ0n) is 14.5. The highest BCUT2D eigenvalue weighted by Gasteiger charge is 2.36. The van der Waals surface area contributed by atoms with Crippen LogP contribution in [0.25, 0.3) is 6.08 Å². The molecule has 144 valence electrons. The van der Waals surface area contributed by atoms with Gasteiger partial charge in [-0.15, -0.1) is 0 Å². The minimum atomic E-state index is -1.10. The number of carboxylic acids is 1. The van der Waals surface area contributed by atoms with Crippen molar-refractivity contribution in [1.29, 1.82) is 0 Å². The third kappa shape index (κ3) is 4.30. The maximum atomic E-state index is 12.7. The van der Waals surface area contributed by atoms with Crippen molar-refractivity contribution in [3.8, 4) is 11.5 Å². The fourth-order valence-corrected chi connectivity index (χ4v) is 4.14. The number of nitrogens with zero attached hydrogens (tertiary/aromatic N) is 1. The lowest BCUT2D eigenvalue weighted by atomic mass is 10.1. The summed E-state index contributed by atoms with van der Waals surface area (Å²) < 4.78 is 11.2. The molecule has 28 heavy (non-hydrogen) atoms. The summed E-state index contributed by atoms with van der Waals surface area (Å²) in [6, 6.07) is 12.0. The molecule has 1 heterocycles. The summed E-state index contributed by atoms with van der Waals surface area (Å²) in [6.07, 6.45) is 1.60. The molecule has 0 atom stereocenters. The average Bonchev–Trinajstić information content (AvgIpc) is 2.94. The van der Waals surface area contributed by atoms with Crippen LogP contribution >= 0.6 is 34.4 Å². The predicted molar refractivity (Wildman–Crippen MR) is 114 cm³/mol. The number of ether oxygens (including phenoxy) is 2. The van der Waals surface area contributed by atoms with E-state index < -0.39 is 18.5 Å². The number of hydrogen-bond donors (Lipinski definition) is 1. The van der Waals surface area contributed by atoms with Gasteiger partial charge in [-0.3, -0.25) is 9.59 Å². The quantitative estimate of drug-likeness (QED) is 0.463. The fraction of sp³-hybridized carbons (Fsp3) is 0.105. The van der Waals surface area contributed by atoms with E-state index in [1.165, 1.54) is 7.11 Å². The molecular formula is C19H14INO6S. The summed E-state index contributed by atoms with van der Waals surface area (Å²) >= 11 is 2.85. The maximum absolute atomic E-state index is 12.7. The smallest absolute Gasteiger partial charge is 0.341 e. The van der Waals surface area contributed by atoms with Crippen LogP contribution in [0.1, 0.15) is 5.56 Å². The van der Waals surface area contributed by atoms with Crippen molar-refractivity contribution in [1.82, 2.24) is 0 Å². The average molecular weight is 511 g/mol. The third-order valence-corrected chi connectivity index (χ3v) is 5.37. The molecule has 1 aliphatic rings. The molecule has 9 heteroatoms. The molecule has 1 N–H and O–H groups in total. The second-order valence-electron chi connectivity index (χ2n) is 5.57. The summed E-state index contributed by atoms with van der Waals surface area (Å²) in [5.41, 5.74) is 1.14. The minimum absolute atomic E-state index is 0.283. The Labute approximate surface area is 178 Å². The van der Waals surface area contributed by atoms with Crippen molar-refractivity contribution in [3.63, 3.8) is 0 Å². The van der Waals surface area contributed by atoms with E-state index in [1.54, 1.807) is 48.5 Å². The first kappa shape index (κ1) is 20.2. The Morgan fingerprint density at radius 3 is 2.61 bits per heavy atom. The highest BCUT2D eigenvalue weighted by molar-refractivity contribution is 14.1. The van der Waals surface area contributed by atoms with E-state index in [2.05, 4.69) is 0 Å². The van der Waals surface area contributed by atoms with Gasteiger partial charge in [0, 0.05) is 0 Å². The number of imide groups is 1. The largest absolute Gasteiger partial charge is 0.493 e. The zero-order valence-corrected chi connectivity index (χ0v) is 17.5. The van der Waals surface area contributed by atoms with E-state index in [9.17, 15) is 14.4 Å². The van der Waals surface area contributed by atoms with Crippen LogP contribution in [0.4, 0.5) is 10.5 Å². The van der Waals surface area contributed by atoms with Crippen LogP contribution < -0.4 is 14.4 Å². The SMILES string of the molecule is COc1cc(/C=C2\SC(=O)N(c3ccccc3)C2=O)cc(I)c1OCC(=O)O. The molecule has 7 nitrogen and oxygen atoms in total. The molecule has 0 aliphatic carbocycles. The van der Waals surface area contributed by atoms with Gasteiger partial charge < -0.3 is 14.6 Å². The first-order valence-corrected chi connectivity index (χ1v) is 9.85. The molecule has 3 rings (SSSR count). The Morgan fingerprint density at radius 2 is 1.96 bits per heavy atom. The molecule has 2 amide bonds. The van der Waals surface area contributed by atoms with E-state index in [-0.39, 0.29) is 10.1 Å². The number of hydrogen-bond acceptors (Lipinski definition) is 6. The number of methoxy groups -OCH3 is 1. The van der Waals surface area contributed by atoms with Crippen molar-refractivity contribution in [2.45, 2.75) is 0 Å². The number of thioether (sulfide) groups is 1. The second kappa shape index (κ2) is 8.65. The van der Waals surface area contributed by atoms with Crippen LogP contribution in [0.3, 0.4) is 0 Å². The van der Waals surface area contributed by atoms with E-state index in [4.69, 9.17) is 14.6 Å². The predicted octanol–water partition coefficient (Wildman–Crippen LogP) is 4.00. The van der Waals surface area contributed by atoms with Crippen LogP contribution in [-0.4, -0.2) is 35.9 Å². The Bertz CT molecular complexity index is 976. The zero-order chi connectivity index (χ0) is 20.3. The first-order valence-electron chi connectivity index (χ1n) is 7.96. The number of carboxylic acid groups (broad SMARTS) is 1. The third-order valence-electron chi connectivity index (χ3n) is 3.70. The van der Waals surface area contributed by atoms with Crippen molar-refractivity contribution in [3.05, 3.63) is 56.5 Å². The van der Waals surface area contributed by atoms with Gasteiger partial charge in [0.2, 0.25) is 0 Å². The Morgan fingerprint density at radius 1 is 1.25 bits per heavy atom. The molecule has 0 spiro atoms. The van der Waals surface area contributed by atoms with E-state index in [0.717, 1.165) is 16.7 Å². The highest BCUT2D eigenvalue weighted by Crippen LogP contribution is 2.38. The van der Waals surface area contributed by atoms with Gasteiger partial charge in [0.15, 0.2) is 18.1 Å². The number of carbonyl (C=O) groups is 3.